The smallest absolute Gasteiger partial charge is 0.173 e. The maximum Gasteiger partial charge on any atom is 0.173 e. The van der Waals surface area contributed by atoms with Gasteiger partial charge in [0, 0.05) is 32.7 Å². The quantitative estimate of drug-likeness (QED) is 0.610. The first-order chi connectivity index (χ1) is 15.0. The number of nitrogens with zero attached hydrogens (tertiary/aromatic N) is 6. The number of rotatable bonds is 6. The number of tetrazole rings is 1. The van der Waals surface area contributed by atoms with Crippen LogP contribution in [0.4, 0.5) is 0 Å². The van der Waals surface area contributed by atoms with Crippen LogP contribution in [0.1, 0.15) is 43.8 Å². The predicted molar refractivity (Wildman–Crippen MR) is 121 cm³/mol. The van der Waals surface area contributed by atoms with Crippen molar-refractivity contribution in [3.05, 3.63) is 71.5 Å². The van der Waals surface area contributed by atoms with Gasteiger partial charge in [0.05, 0.1) is 18.7 Å². The van der Waals surface area contributed by atoms with Crippen molar-refractivity contribution in [1.29, 1.82) is 0 Å². The third-order valence-corrected chi connectivity index (χ3v) is 5.83. The number of piperazine rings is 1. The van der Waals surface area contributed by atoms with Gasteiger partial charge in [-0.05, 0) is 54.5 Å². The Hall–Kier alpha value is -2.77. The molecule has 7 nitrogen and oxygen atoms in total. The van der Waals surface area contributed by atoms with Crippen molar-refractivity contribution in [1.82, 2.24) is 30.0 Å². The number of benzene rings is 2. The van der Waals surface area contributed by atoms with Crippen molar-refractivity contribution in [2.24, 2.45) is 0 Å². The summed E-state index contributed by atoms with van der Waals surface area (Å²) in [6, 6.07) is 19.0. The molecule has 1 saturated heterocycles. The summed E-state index contributed by atoms with van der Waals surface area (Å²) in [7, 11) is 1.69. The largest absolute Gasteiger partial charge is 0.497 e. The lowest BCUT2D eigenvalue weighted by molar-refractivity contribution is 0.0979. The van der Waals surface area contributed by atoms with Crippen LogP contribution >= 0.6 is 0 Å². The van der Waals surface area contributed by atoms with E-state index in [0.29, 0.717) is 0 Å². The Kier molecular flexibility index (Phi) is 6.34. The molecule has 164 valence electrons. The van der Waals surface area contributed by atoms with E-state index in [4.69, 9.17) is 4.74 Å². The summed E-state index contributed by atoms with van der Waals surface area (Å²) in [6.07, 6.45) is 0. The minimum Gasteiger partial charge on any atom is -0.497 e. The Morgan fingerprint density at radius 1 is 0.935 bits per heavy atom. The van der Waals surface area contributed by atoms with E-state index in [1.165, 1.54) is 11.1 Å². The van der Waals surface area contributed by atoms with Gasteiger partial charge in [-0.15, -0.1) is 5.10 Å². The maximum atomic E-state index is 5.37. The molecule has 0 spiro atoms. The number of methoxy groups -OCH3 is 1. The molecular formula is C24H32N6O. The minimum atomic E-state index is -0.196. The van der Waals surface area contributed by atoms with E-state index in [9.17, 15) is 0 Å². The number of hydrogen-bond acceptors (Lipinski definition) is 6. The Balaban J connectivity index is 1.57. The predicted octanol–water partition coefficient (Wildman–Crippen LogP) is 3.34. The number of aromatic nitrogens is 4. The first kappa shape index (κ1) is 21.5. The molecule has 31 heavy (non-hydrogen) atoms. The summed E-state index contributed by atoms with van der Waals surface area (Å²) in [4.78, 5) is 5.01. The molecule has 7 heteroatoms. The van der Waals surface area contributed by atoms with Gasteiger partial charge in [0.15, 0.2) is 5.82 Å². The Morgan fingerprint density at radius 2 is 1.61 bits per heavy atom. The molecule has 1 fully saturated rings. The molecule has 0 bridgehead atoms. The average Bonchev–Trinajstić information content (AvgIpc) is 3.26. The van der Waals surface area contributed by atoms with E-state index >= 15 is 0 Å². The lowest BCUT2D eigenvalue weighted by Gasteiger charge is -2.39. The third-order valence-electron chi connectivity index (χ3n) is 5.83. The van der Waals surface area contributed by atoms with E-state index in [0.717, 1.165) is 44.3 Å². The van der Waals surface area contributed by atoms with Crippen molar-refractivity contribution < 1.29 is 4.74 Å². The number of ether oxygens (including phenoxy) is 1. The van der Waals surface area contributed by atoms with Gasteiger partial charge >= 0.3 is 0 Å². The molecule has 1 aliphatic rings. The van der Waals surface area contributed by atoms with Crippen LogP contribution in [0.15, 0.2) is 54.6 Å². The Labute approximate surface area is 184 Å². The second kappa shape index (κ2) is 9.16. The van der Waals surface area contributed by atoms with Crippen LogP contribution in [0.3, 0.4) is 0 Å². The number of hydrogen-bond donors (Lipinski definition) is 0. The highest BCUT2D eigenvalue weighted by Gasteiger charge is 2.33. The van der Waals surface area contributed by atoms with Gasteiger partial charge in [0.2, 0.25) is 0 Å². The summed E-state index contributed by atoms with van der Waals surface area (Å²) in [6.45, 7) is 11.3. The molecule has 0 saturated carbocycles. The highest BCUT2D eigenvalue weighted by atomic mass is 16.5. The molecule has 0 aliphatic carbocycles. The van der Waals surface area contributed by atoms with Crippen molar-refractivity contribution in [2.75, 3.05) is 33.3 Å². The Morgan fingerprint density at radius 3 is 2.23 bits per heavy atom. The maximum absolute atomic E-state index is 5.37. The molecule has 0 radical (unpaired) electrons. The topological polar surface area (TPSA) is 59.3 Å². The van der Waals surface area contributed by atoms with Crippen LogP contribution in [0.5, 0.6) is 5.75 Å². The molecule has 1 unspecified atom stereocenters. The molecule has 0 N–H and O–H groups in total. The first-order valence-electron chi connectivity index (χ1n) is 10.9. The van der Waals surface area contributed by atoms with Gasteiger partial charge in [-0.25, -0.2) is 4.68 Å². The normalized spacial score (nSPS) is 16.9. The Bertz CT molecular complexity index is 956. The summed E-state index contributed by atoms with van der Waals surface area (Å²) in [5.41, 5.74) is 2.34. The van der Waals surface area contributed by atoms with Crippen LogP contribution in [-0.4, -0.2) is 63.3 Å². The fourth-order valence-electron chi connectivity index (χ4n) is 4.17. The van der Waals surface area contributed by atoms with E-state index < -0.39 is 0 Å². The summed E-state index contributed by atoms with van der Waals surface area (Å²) in [5.74, 6) is 1.74. The van der Waals surface area contributed by atoms with Crippen LogP contribution in [-0.2, 0) is 12.1 Å². The van der Waals surface area contributed by atoms with Crippen LogP contribution in [0.25, 0.3) is 0 Å². The fourth-order valence-corrected chi connectivity index (χ4v) is 4.17. The van der Waals surface area contributed by atoms with E-state index in [1.807, 2.05) is 16.8 Å². The average molecular weight is 421 g/mol. The zero-order chi connectivity index (χ0) is 21.8. The highest BCUT2D eigenvalue weighted by molar-refractivity contribution is 5.32. The highest BCUT2D eigenvalue weighted by Crippen LogP contribution is 2.31. The second-order valence-corrected chi connectivity index (χ2v) is 9.09. The molecule has 4 rings (SSSR count). The van der Waals surface area contributed by atoms with Gasteiger partial charge in [0.25, 0.3) is 0 Å². The van der Waals surface area contributed by atoms with Crippen molar-refractivity contribution in [3.8, 4) is 5.75 Å². The van der Waals surface area contributed by atoms with Crippen LogP contribution in [0.2, 0.25) is 0 Å². The van der Waals surface area contributed by atoms with Crippen molar-refractivity contribution in [3.63, 3.8) is 0 Å². The van der Waals surface area contributed by atoms with E-state index in [1.54, 1.807) is 7.11 Å². The van der Waals surface area contributed by atoms with E-state index in [-0.39, 0.29) is 11.6 Å². The molecule has 0 amide bonds. The molecule has 2 heterocycles. The zero-order valence-electron chi connectivity index (χ0n) is 18.9. The standard InChI is InChI=1S/C24H32N6O/c1-24(2,3)30-23(25-26-27-30)22(20-10-12-21(31-4)13-11-20)29-16-14-28(15-17-29)18-19-8-6-5-7-9-19/h5-13,22H,14-18H2,1-4H3. The minimum absolute atomic E-state index is 0.000920. The van der Waals surface area contributed by atoms with Gasteiger partial charge < -0.3 is 4.74 Å². The zero-order valence-corrected chi connectivity index (χ0v) is 18.9. The first-order valence-corrected chi connectivity index (χ1v) is 10.9. The molecular weight excluding hydrogens is 388 g/mol. The lowest BCUT2D eigenvalue weighted by Crippen LogP contribution is -2.48. The summed E-state index contributed by atoms with van der Waals surface area (Å²) < 4.78 is 7.32. The second-order valence-electron chi connectivity index (χ2n) is 9.09. The van der Waals surface area contributed by atoms with Gasteiger partial charge in [0.1, 0.15) is 5.75 Å². The third kappa shape index (κ3) is 4.94. The van der Waals surface area contributed by atoms with Gasteiger partial charge in [-0.3, -0.25) is 9.80 Å². The van der Waals surface area contributed by atoms with E-state index in [2.05, 4.69) is 88.6 Å². The SMILES string of the molecule is COc1ccc(C(c2nnnn2C(C)(C)C)N2CCN(Cc3ccccc3)CC2)cc1. The molecule has 1 aromatic heterocycles. The fraction of sp³-hybridized carbons (Fsp3) is 0.458. The molecule has 2 aromatic carbocycles. The van der Waals surface area contributed by atoms with Crippen LogP contribution in [0, 0.1) is 0 Å². The molecule has 1 atom stereocenters. The van der Waals surface area contributed by atoms with Crippen LogP contribution < -0.4 is 4.74 Å². The molecule has 3 aromatic rings. The molecule has 1 aliphatic heterocycles. The summed E-state index contributed by atoms with van der Waals surface area (Å²) >= 11 is 0. The van der Waals surface area contributed by atoms with Gasteiger partial charge in [-0.2, -0.15) is 0 Å². The monoisotopic (exact) mass is 420 g/mol. The lowest BCUT2D eigenvalue weighted by atomic mass is 10.0. The van der Waals surface area contributed by atoms with Crippen molar-refractivity contribution in [2.45, 2.75) is 38.9 Å². The van der Waals surface area contributed by atoms with Gasteiger partial charge in [-0.1, -0.05) is 42.5 Å². The van der Waals surface area contributed by atoms with Crippen molar-refractivity contribution >= 4 is 0 Å². The summed E-state index contributed by atoms with van der Waals surface area (Å²) in [5, 5.41) is 12.8.